The Kier molecular flexibility index (Phi) is 7.72. The van der Waals surface area contributed by atoms with Crippen molar-refractivity contribution in [2.24, 2.45) is 0 Å². The fourth-order valence-corrected chi connectivity index (χ4v) is 2.18. The van der Waals surface area contributed by atoms with E-state index in [1.165, 1.54) is 5.56 Å². The van der Waals surface area contributed by atoms with Crippen LogP contribution in [0.15, 0.2) is 12.1 Å². The summed E-state index contributed by atoms with van der Waals surface area (Å²) in [5.41, 5.74) is 3.48. The van der Waals surface area contributed by atoms with Crippen LogP contribution in [-0.2, 0) is 0 Å². The van der Waals surface area contributed by atoms with Gasteiger partial charge in [0.1, 0.15) is 18.5 Å². The van der Waals surface area contributed by atoms with Crippen molar-refractivity contribution in [2.45, 2.75) is 33.3 Å². The highest BCUT2D eigenvalue weighted by atomic mass is 16.5. The molecule has 0 aliphatic carbocycles. The first-order valence-corrected chi connectivity index (χ1v) is 7.65. The molecule has 2 N–H and O–H groups in total. The zero-order valence-electron chi connectivity index (χ0n) is 14.1. The van der Waals surface area contributed by atoms with E-state index in [0.29, 0.717) is 13.2 Å². The van der Waals surface area contributed by atoms with Crippen molar-refractivity contribution in [3.63, 3.8) is 0 Å². The summed E-state index contributed by atoms with van der Waals surface area (Å²) in [6.45, 7) is 9.03. The van der Waals surface area contributed by atoms with Crippen molar-refractivity contribution >= 4 is 0 Å². The number of aliphatic hydroxyl groups is 1. The quantitative estimate of drug-likeness (QED) is 0.683. The minimum absolute atomic E-state index is 0.325. The summed E-state index contributed by atoms with van der Waals surface area (Å²) in [6, 6.07) is 4.16. The van der Waals surface area contributed by atoms with Gasteiger partial charge >= 0.3 is 0 Å². The first-order valence-electron chi connectivity index (χ1n) is 7.65. The van der Waals surface area contributed by atoms with E-state index in [-0.39, 0.29) is 0 Å². The molecule has 0 saturated carbocycles. The van der Waals surface area contributed by atoms with E-state index >= 15 is 0 Å². The van der Waals surface area contributed by atoms with E-state index in [4.69, 9.17) is 4.74 Å². The smallest absolute Gasteiger partial charge is 0.125 e. The zero-order valence-corrected chi connectivity index (χ0v) is 14.1. The van der Waals surface area contributed by atoms with E-state index in [9.17, 15) is 5.11 Å². The largest absolute Gasteiger partial charge is 0.490 e. The minimum Gasteiger partial charge on any atom is -0.490 e. The van der Waals surface area contributed by atoms with Gasteiger partial charge in [-0.05, 0) is 71.1 Å². The van der Waals surface area contributed by atoms with Crippen molar-refractivity contribution < 1.29 is 9.84 Å². The van der Waals surface area contributed by atoms with E-state index in [1.54, 1.807) is 0 Å². The van der Waals surface area contributed by atoms with Gasteiger partial charge in [-0.3, -0.25) is 0 Å². The number of nitrogens with one attached hydrogen (secondary N) is 1. The Balaban J connectivity index is 2.30. The third-order valence-electron chi connectivity index (χ3n) is 3.63. The maximum atomic E-state index is 9.97. The van der Waals surface area contributed by atoms with Crippen LogP contribution in [0.4, 0.5) is 0 Å². The molecule has 0 aliphatic heterocycles. The number of ether oxygens (including phenoxy) is 1. The van der Waals surface area contributed by atoms with Crippen LogP contribution in [-0.4, -0.2) is 56.4 Å². The van der Waals surface area contributed by atoms with Gasteiger partial charge in [0.25, 0.3) is 0 Å². The van der Waals surface area contributed by atoms with Gasteiger partial charge in [-0.2, -0.15) is 0 Å². The second kappa shape index (κ2) is 9.03. The molecule has 1 aromatic rings. The molecule has 1 aromatic carbocycles. The molecule has 0 aromatic heterocycles. The van der Waals surface area contributed by atoms with Crippen LogP contribution in [0.5, 0.6) is 5.75 Å². The van der Waals surface area contributed by atoms with Gasteiger partial charge in [-0.1, -0.05) is 12.1 Å². The number of hydrogen-bond acceptors (Lipinski definition) is 4. The third kappa shape index (κ3) is 6.46. The molecular formula is C17H30N2O2. The van der Waals surface area contributed by atoms with Crippen molar-refractivity contribution in [3.05, 3.63) is 28.8 Å². The van der Waals surface area contributed by atoms with E-state index < -0.39 is 6.10 Å². The van der Waals surface area contributed by atoms with Gasteiger partial charge in [-0.25, -0.2) is 0 Å². The predicted molar refractivity (Wildman–Crippen MR) is 88.2 cm³/mol. The van der Waals surface area contributed by atoms with Crippen LogP contribution in [0.1, 0.15) is 23.1 Å². The van der Waals surface area contributed by atoms with Crippen molar-refractivity contribution in [2.75, 3.05) is 40.3 Å². The molecule has 0 saturated heterocycles. The summed E-state index contributed by atoms with van der Waals surface area (Å²) in [5, 5.41) is 13.2. The highest BCUT2D eigenvalue weighted by Crippen LogP contribution is 2.25. The highest BCUT2D eigenvalue weighted by Gasteiger charge is 2.09. The van der Waals surface area contributed by atoms with E-state index in [1.807, 2.05) is 6.92 Å². The van der Waals surface area contributed by atoms with Gasteiger partial charge in [-0.15, -0.1) is 0 Å². The van der Waals surface area contributed by atoms with Crippen LogP contribution < -0.4 is 10.1 Å². The Morgan fingerprint density at radius 1 is 1.19 bits per heavy atom. The van der Waals surface area contributed by atoms with Gasteiger partial charge in [0, 0.05) is 6.54 Å². The summed E-state index contributed by atoms with van der Waals surface area (Å²) in [6.07, 6.45) is 0.597. The average molecular weight is 294 g/mol. The molecule has 0 fully saturated rings. The molecule has 0 amide bonds. The zero-order chi connectivity index (χ0) is 15.8. The standard InChI is InChI=1S/C17H30N2O2/c1-13-7-8-14(2)17(15(13)3)21-12-16(20)11-18-9-6-10-19(4)5/h7-8,16,18,20H,6,9-12H2,1-5H3. The monoisotopic (exact) mass is 294 g/mol. The lowest BCUT2D eigenvalue weighted by Gasteiger charge is -2.17. The minimum atomic E-state index is -0.483. The van der Waals surface area contributed by atoms with Crippen LogP contribution in [0, 0.1) is 20.8 Å². The summed E-state index contributed by atoms with van der Waals surface area (Å²) in [4.78, 5) is 2.16. The first kappa shape index (κ1) is 18.0. The Hall–Kier alpha value is -1.10. The number of hydrogen-bond donors (Lipinski definition) is 2. The molecule has 0 radical (unpaired) electrons. The van der Waals surface area contributed by atoms with Crippen molar-refractivity contribution in [1.82, 2.24) is 10.2 Å². The van der Waals surface area contributed by atoms with Crippen molar-refractivity contribution in [1.29, 1.82) is 0 Å². The molecular weight excluding hydrogens is 264 g/mol. The first-order chi connectivity index (χ1) is 9.91. The highest BCUT2D eigenvalue weighted by molar-refractivity contribution is 5.44. The Morgan fingerprint density at radius 3 is 2.52 bits per heavy atom. The molecule has 4 heteroatoms. The molecule has 1 atom stereocenters. The van der Waals surface area contributed by atoms with Gasteiger partial charge in [0.05, 0.1) is 0 Å². The van der Waals surface area contributed by atoms with E-state index in [2.05, 4.69) is 50.3 Å². The molecule has 0 bridgehead atoms. The average Bonchev–Trinajstić information content (AvgIpc) is 2.42. The van der Waals surface area contributed by atoms with Gasteiger partial charge in [0.2, 0.25) is 0 Å². The number of aryl methyl sites for hydroxylation is 2. The molecule has 0 aliphatic rings. The lowest BCUT2D eigenvalue weighted by atomic mass is 10.1. The lowest BCUT2D eigenvalue weighted by molar-refractivity contribution is 0.105. The summed E-state index contributed by atoms with van der Waals surface area (Å²) >= 11 is 0. The summed E-state index contributed by atoms with van der Waals surface area (Å²) in [5.74, 6) is 0.904. The maximum absolute atomic E-state index is 9.97. The second-order valence-corrected chi connectivity index (χ2v) is 5.98. The molecule has 120 valence electrons. The van der Waals surface area contributed by atoms with Crippen LogP contribution in [0.3, 0.4) is 0 Å². The number of benzene rings is 1. The molecule has 0 heterocycles. The Bertz CT molecular complexity index is 433. The Labute approximate surface area is 129 Å². The number of nitrogens with zero attached hydrogens (tertiary/aromatic N) is 1. The second-order valence-electron chi connectivity index (χ2n) is 5.98. The predicted octanol–water partition coefficient (Wildman–Crippen LogP) is 1.89. The van der Waals surface area contributed by atoms with Crippen LogP contribution in [0.2, 0.25) is 0 Å². The van der Waals surface area contributed by atoms with E-state index in [0.717, 1.165) is 36.4 Å². The molecule has 21 heavy (non-hydrogen) atoms. The summed E-state index contributed by atoms with van der Waals surface area (Å²) in [7, 11) is 4.13. The SMILES string of the molecule is Cc1ccc(C)c(OCC(O)CNCCCN(C)C)c1C. The fourth-order valence-electron chi connectivity index (χ4n) is 2.18. The third-order valence-corrected chi connectivity index (χ3v) is 3.63. The number of rotatable bonds is 9. The Morgan fingerprint density at radius 2 is 1.86 bits per heavy atom. The number of aliphatic hydroxyl groups excluding tert-OH is 1. The fraction of sp³-hybridized carbons (Fsp3) is 0.647. The normalized spacial score (nSPS) is 12.7. The van der Waals surface area contributed by atoms with Gasteiger partial charge in [0.15, 0.2) is 0 Å². The van der Waals surface area contributed by atoms with Crippen LogP contribution >= 0.6 is 0 Å². The van der Waals surface area contributed by atoms with Crippen LogP contribution in [0.25, 0.3) is 0 Å². The topological polar surface area (TPSA) is 44.7 Å². The lowest BCUT2D eigenvalue weighted by Crippen LogP contribution is -2.33. The summed E-state index contributed by atoms with van der Waals surface area (Å²) < 4.78 is 5.81. The molecule has 1 unspecified atom stereocenters. The molecule has 1 rings (SSSR count). The maximum Gasteiger partial charge on any atom is 0.125 e. The molecule has 4 nitrogen and oxygen atoms in total. The van der Waals surface area contributed by atoms with Gasteiger partial charge < -0.3 is 20.1 Å². The molecule has 0 spiro atoms. The van der Waals surface area contributed by atoms with Crippen molar-refractivity contribution in [3.8, 4) is 5.75 Å².